The van der Waals surface area contributed by atoms with Gasteiger partial charge in [-0.2, -0.15) is 0 Å². The van der Waals surface area contributed by atoms with E-state index in [4.69, 9.17) is 4.43 Å². The normalized spacial score (nSPS) is 13.1. The van der Waals surface area contributed by atoms with Gasteiger partial charge in [0, 0.05) is 15.2 Å². The molecule has 0 aliphatic carbocycles. The van der Waals surface area contributed by atoms with Crippen molar-refractivity contribution in [2.75, 3.05) is 0 Å². The van der Waals surface area contributed by atoms with Crippen molar-refractivity contribution in [1.29, 1.82) is 0 Å². The van der Waals surface area contributed by atoms with Crippen molar-refractivity contribution in [2.45, 2.75) is 45.6 Å². The Morgan fingerprint density at radius 1 is 1.33 bits per heavy atom. The van der Waals surface area contributed by atoms with Crippen LogP contribution < -0.4 is 0 Å². The highest BCUT2D eigenvalue weighted by Gasteiger charge is 2.37. The van der Waals surface area contributed by atoms with Gasteiger partial charge in [-0.1, -0.05) is 20.8 Å². The zero-order valence-corrected chi connectivity index (χ0v) is 17.7. The number of rotatable bonds is 3. The molecule has 2 rings (SSSR count). The van der Waals surface area contributed by atoms with Gasteiger partial charge >= 0.3 is 0 Å². The third-order valence-electron chi connectivity index (χ3n) is 4.25. The van der Waals surface area contributed by atoms with Crippen LogP contribution in [-0.2, 0) is 11.2 Å². The molecule has 0 aliphatic rings. The Morgan fingerprint density at radius 3 is 2.52 bits per heavy atom. The fourth-order valence-electron chi connectivity index (χ4n) is 1.80. The molecule has 6 heteroatoms. The molecular formula is C15H20BrFINOSi. The number of hydrogen-bond acceptors (Lipinski definition) is 1. The predicted molar refractivity (Wildman–Crippen MR) is 101 cm³/mol. The highest BCUT2D eigenvalue weighted by Crippen LogP contribution is 2.37. The molecule has 0 bridgehead atoms. The van der Waals surface area contributed by atoms with Crippen LogP contribution in [0.5, 0.6) is 0 Å². The Hall–Kier alpha value is 0.0769. The number of hydrogen-bond donors (Lipinski definition) is 0. The summed E-state index contributed by atoms with van der Waals surface area (Å²) in [6.07, 6.45) is 2.02. The van der Waals surface area contributed by atoms with E-state index in [2.05, 4.69) is 72.4 Å². The number of fused-ring (bicyclic) bond motifs is 1. The maximum absolute atomic E-state index is 13.8. The summed E-state index contributed by atoms with van der Waals surface area (Å²) in [5.41, 5.74) is 0.874. The van der Waals surface area contributed by atoms with Gasteiger partial charge in [0.25, 0.3) is 0 Å². The second kappa shape index (κ2) is 5.94. The maximum Gasteiger partial charge on any atom is 0.194 e. The zero-order valence-electron chi connectivity index (χ0n) is 12.9. The van der Waals surface area contributed by atoms with Gasteiger partial charge in [0.1, 0.15) is 12.5 Å². The number of aromatic nitrogens is 1. The van der Waals surface area contributed by atoms with E-state index in [1.54, 1.807) is 6.07 Å². The Balaban J connectivity index is 2.34. The van der Waals surface area contributed by atoms with Crippen LogP contribution in [0.3, 0.4) is 0 Å². The molecular weight excluding hydrogens is 464 g/mol. The van der Waals surface area contributed by atoms with Gasteiger partial charge in [-0.25, -0.2) is 4.39 Å². The van der Waals surface area contributed by atoms with Gasteiger partial charge in [0.05, 0.1) is 9.99 Å². The van der Waals surface area contributed by atoms with Gasteiger partial charge < -0.3 is 8.99 Å². The van der Waals surface area contributed by atoms with Crippen molar-refractivity contribution in [3.63, 3.8) is 0 Å². The summed E-state index contributed by atoms with van der Waals surface area (Å²) in [4.78, 5) is 0. The SMILES string of the molecule is CC(C)(C)[Si](C)(C)OCn1cc(I)c2cc(Br)c(F)cc21. The van der Waals surface area contributed by atoms with Gasteiger partial charge in [-0.15, -0.1) is 0 Å². The fourth-order valence-corrected chi connectivity index (χ4v) is 3.80. The van der Waals surface area contributed by atoms with Gasteiger partial charge in [-0.3, -0.25) is 0 Å². The van der Waals surface area contributed by atoms with E-state index in [0.29, 0.717) is 11.2 Å². The van der Waals surface area contributed by atoms with Crippen molar-refractivity contribution in [1.82, 2.24) is 4.57 Å². The van der Waals surface area contributed by atoms with Crippen LogP contribution in [0, 0.1) is 9.39 Å². The highest BCUT2D eigenvalue weighted by atomic mass is 127. The van der Waals surface area contributed by atoms with Crippen LogP contribution in [0.2, 0.25) is 18.1 Å². The molecule has 1 aromatic carbocycles. The van der Waals surface area contributed by atoms with Crippen molar-refractivity contribution >= 4 is 57.7 Å². The summed E-state index contributed by atoms with van der Waals surface area (Å²) in [5, 5.41) is 1.21. The lowest BCUT2D eigenvalue weighted by atomic mass is 10.2. The molecule has 1 aromatic heterocycles. The van der Waals surface area contributed by atoms with Crippen LogP contribution in [0.15, 0.2) is 22.8 Å². The lowest BCUT2D eigenvalue weighted by Crippen LogP contribution is -2.41. The molecule has 0 fully saturated rings. The van der Waals surface area contributed by atoms with Crippen LogP contribution in [0.4, 0.5) is 4.39 Å². The van der Waals surface area contributed by atoms with Crippen LogP contribution in [0.1, 0.15) is 20.8 Å². The second-order valence-corrected chi connectivity index (χ2v) is 13.6. The number of halogens is 3. The minimum Gasteiger partial charge on any atom is -0.399 e. The third-order valence-corrected chi connectivity index (χ3v) is 10.2. The summed E-state index contributed by atoms with van der Waals surface area (Å²) in [6.45, 7) is 11.6. The topological polar surface area (TPSA) is 14.2 Å². The fraction of sp³-hybridized carbons (Fsp3) is 0.467. The second-order valence-electron chi connectivity index (χ2n) is 6.76. The molecule has 0 radical (unpaired) electrons. The molecule has 0 amide bonds. The van der Waals surface area contributed by atoms with Crippen LogP contribution >= 0.6 is 38.5 Å². The Kier molecular flexibility index (Phi) is 4.93. The molecule has 0 saturated carbocycles. The van der Waals surface area contributed by atoms with Crippen molar-refractivity contribution in [2.24, 2.45) is 0 Å². The molecule has 0 aliphatic heterocycles. The van der Waals surface area contributed by atoms with E-state index < -0.39 is 8.32 Å². The lowest BCUT2D eigenvalue weighted by Gasteiger charge is -2.36. The lowest BCUT2D eigenvalue weighted by molar-refractivity contribution is 0.217. The largest absolute Gasteiger partial charge is 0.399 e. The highest BCUT2D eigenvalue weighted by molar-refractivity contribution is 14.1. The van der Waals surface area contributed by atoms with E-state index in [1.807, 2.05) is 16.8 Å². The smallest absolute Gasteiger partial charge is 0.194 e. The van der Waals surface area contributed by atoms with Gasteiger partial charge in [-0.05, 0) is 68.8 Å². The summed E-state index contributed by atoms with van der Waals surface area (Å²) in [5.74, 6) is -0.245. The molecule has 21 heavy (non-hydrogen) atoms. The minimum absolute atomic E-state index is 0.164. The summed E-state index contributed by atoms with van der Waals surface area (Å²) in [7, 11) is -1.82. The van der Waals surface area contributed by atoms with Crippen molar-refractivity contribution in [3.8, 4) is 0 Å². The number of nitrogens with zero attached hydrogens (tertiary/aromatic N) is 1. The van der Waals surface area contributed by atoms with Gasteiger partial charge in [0.15, 0.2) is 8.32 Å². The molecule has 2 aromatic rings. The monoisotopic (exact) mass is 483 g/mol. The first-order valence-corrected chi connectivity index (χ1v) is 11.6. The van der Waals surface area contributed by atoms with Gasteiger partial charge in [0.2, 0.25) is 0 Å². The molecule has 0 N–H and O–H groups in total. The van der Waals surface area contributed by atoms with Crippen LogP contribution in [0.25, 0.3) is 10.9 Å². The first-order chi connectivity index (χ1) is 9.53. The average molecular weight is 484 g/mol. The molecule has 0 spiro atoms. The molecule has 0 atom stereocenters. The van der Waals surface area contributed by atoms with E-state index in [-0.39, 0.29) is 10.9 Å². The Labute approximate surface area is 148 Å². The number of benzene rings is 1. The van der Waals surface area contributed by atoms with E-state index in [9.17, 15) is 4.39 Å². The standard InChI is InChI=1S/C15H20BrFINOSi/c1-15(2,3)21(4,5)20-9-19-8-13(18)10-6-11(16)12(17)7-14(10)19/h6-8H,9H2,1-5H3. The van der Waals surface area contributed by atoms with E-state index in [1.165, 1.54) is 0 Å². The van der Waals surface area contributed by atoms with Crippen LogP contribution in [-0.4, -0.2) is 12.9 Å². The Bertz CT molecular complexity index is 678. The maximum atomic E-state index is 13.8. The van der Waals surface area contributed by atoms with Crippen molar-refractivity contribution in [3.05, 3.63) is 32.2 Å². The third kappa shape index (κ3) is 3.54. The predicted octanol–water partition coefficient (Wildman–Crippen LogP) is 6.13. The molecule has 1 heterocycles. The summed E-state index contributed by atoms with van der Waals surface area (Å²) >= 11 is 5.52. The molecule has 0 saturated heterocycles. The van der Waals surface area contributed by atoms with Crippen molar-refractivity contribution < 1.29 is 8.82 Å². The minimum atomic E-state index is -1.82. The Morgan fingerprint density at radius 2 is 1.95 bits per heavy atom. The molecule has 116 valence electrons. The van der Waals surface area contributed by atoms with E-state index in [0.717, 1.165) is 14.5 Å². The summed E-state index contributed by atoms with van der Waals surface area (Å²) < 4.78 is 23.6. The van der Waals surface area contributed by atoms with E-state index >= 15 is 0 Å². The quantitative estimate of drug-likeness (QED) is 0.378. The first-order valence-electron chi connectivity index (χ1n) is 6.80. The average Bonchev–Trinajstić information content (AvgIpc) is 2.63. The molecule has 0 unspecified atom stereocenters. The zero-order chi connectivity index (χ0) is 16.0. The molecule has 2 nitrogen and oxygen atoms in total. The first kappa shape index (κ1) is 17.4. The summed E-state index contributed by atoms with van der Waals surface area (Å²) in [6, 6.07) is 3.39.